The van der Waals surface area contributed by atoms with Crippen LogP contribution in [-0.2, 0) is 6.54 Å². The zero-order valence-corrected chi connectivity index (χ0v) is 15.8. The Hall–Kier alpha value is -3.41. The summed E-state index contributed by atoms with van der Waals surface area (Å²) in [4.78, 5) is 29.8. The fourth-order valence-electron chi connectivity index (χ4n) is 3.41. The maximum atomic E-state index is 13.0. The van der Waals surface area contributed by atoms with E-state index in [0.717, 1.165) is 23.9 Å². The molecule has 0 fully saturated rings. The van der Waals surface area contributed by atoms with Crippen molar-refractivity contribution in [1.29, 1.82) is 0 Å². The number of amides is 1. The maximum Gasteiger partial charge on any atom is 0.276 e. The predicted molar refractivity (Wildman–Crippen MR) is 110 cm³/mol. The minimum absolute atomic E-state index is 0.0901. The van der Waals surface area contributed by atoms with Gasteiger partial charge in [0.15, 0.2) is 5.65 Å². The van der Waals surface area contributed by atoms with Gasteiger partial charge in [0.2, 0.25) is 0 Å². The molecule has 0 saturated heterocycles. The average Bonchev–Trinajstić information content (AvgIpc) is 3.22. The molecule has 0 spiro atoms. The standard InChI is InChI=1S/C22H22N4O2/c1-2-3-11-24-21(27)17-8-4-7-16(14-17)15-26-20-18(9-5-12-23-20)25-13-6-10-19(25)22(26)28/h4-10,12-14H,2-3,11,15H2,1H3,(H,24,27). The number of nitrogens with zero attached hydrogens (tertiary/aromatic N) is 3. The monoisotopic (exact) mass is 374 g/mol. The summed E-state index contributed by atoms with van der Waals surface area (Å²) in [6.07, 6.45) is 5.54. The smallest absolute Gasteiger partial charge is 0.276 e. The molecule has 142 valence electrons. The molecular weight excluding hydrogens is 352 g/mol. The summed E-state index contributed by atoms with van der Waals surface area (Å²) in [6.45, 7) is 3.10. The van der Waals surface area contributed by atoms with E-state index in [-0.39, 0.29) is 11.5 Å². The summed E-state index contributed by atoms with van der Waals surface area (Å²) in [5, 5.41) is 2.93. The Bertz CT molecular complexity index is 1210. The number of pyridine rings is 1. The Balaban J connectivity index is 1.72. The zero-order chi connectivity index (χ0) is 19.5. The molecule has 4 aromatic rings. The van der Waals surface area contributed by atoms with Gasteiger partial charge in [0.05, 0.1) is 12.1 Å². The molecule has 0 radical (unpaired) electrons. The molecule has 1 aromatic carbocycles. The Labute approximate surface area is 162 Å². The van der Waals surface area contributed by atoms with Gasteiger partial charge in [0.25, 0.3) is 11.5 Å². The Kier molecular flexibility index (Phi) is 4.93. The highest BCUT2D eigenvalue weighted by Crippen LogP contribution is 2.15. The Morgan fingerprint density at radius 1 is 1.11 bits per heavy atom. The fraction of sp³-hybridized carbons (Fsp3) is 0.227. The van der Waals surface area contributed by atoms with Crippen LogP contribution in [0.15, 0.2) is 65.7 Å². The van der Waals surface area contributed by atoms with Crippen molar-refractivity contribution in [2.45, 2.75) is 26.3 Å². The van der Waals surface area contributed by atoms with E-state index in [0.29, 0.717) is 29.8 Å². The number of fused-ring (bicyclic) bond motifs is 3. The summed E-state index contributed by atoms with van der Waals surface area (Å²) in [7, 11) is 0. The molecule has 0 aliphatic heterocycles. The lowest BCUT2D eigenvalue weighted by atomic mass is 10.1. The van der Waals surface area contributed by atoms with E-state index < -0.39 is 0 Å². The second kappa shape index (κ2) is 7.68. The van der Waals surface area contributed by atoms with Gasteiger partial charge in [0, 0.05) is 24.5 Å². The predicted octanol–water partition coefficient (Wildman–Crippen LogP) is 3.23. The van der Waals surface area contributed by atoms with Crippen molar-refractivity contribution >= 4 is 22.6 Å². The Morgan fingerprint density at radius 2 is 1.96 bits per heavy atom. The van der Waals surface area contributed by atoms with Crippen molar-refractivity contribution in [3.63, 3.8) is 0 Å². The van der Waals surface area contributed by atoms with Crippen molar-refractivity contribution in [2.75, 3.05) is 6.54 Å². The highest BCUT2D eigenvalue weighted by atomic mass is 16.1. The van der Waals surface area contributed by atoms with Crippen LogP contribution in [0.5, 0.6) is 0 Å². The van der Waals surface area contributed by atoms with Crippen LogP contribution in [0.3, 0.4) is 0 Å². The first kappa shape index (κ1) is 18.0. The van der Waals surface area contributed by atoms with E-state index in [9.17, 15) is 9.59 Å². The molecule has 28 heavy (non-hydrogen) atoms. The molecule has 1 N–H and O–H groups in total. The third kappa shape index (κ3) is 3.29. The number of carbonyl (C=O) groups excluding carboxylic acids is 1. The number of aromatic nitrogens is 3. The number of hydrogen-bond acceptors (Lipinski definition) is 3. The van der Waals surface area contributed by atoms with Crippen LogP contribution in [0.2, 0.25) is 0 Å². The van der Waals surface area contributed by atoms with Crippen molar-refractivity contribution < 1.29 is 4.79 Å². The Morgan fingerprint density at radius 3 is 2.82 bits per heavy atom. The van der Waals surface area contributed by atoms with E-state index in [1.165, 1.54) is 0 Å². The molecule has 3 aromatic heterocycles. The molecule has 1 amide bonds. The lowest BCUT2D eigenvalue weighted by molar-refractivity contribution is 0.0953. The van der Waals surface area contributed by atoms with Gasteiger partial charge in [-0.15, -0.1) is 0 Å². The molecular formula is C22H22N4O2. The third-order valence-corrected chi connectivity index (χ3v) is 4.84. The molecule has 0 aliphatic carbocycles. The summed E-state index contributed by atoms with van der Waals surface area (Å²) in [5.41, 5.74) is 3.48. The molecule has 0 unspecified atom stereocenters. The molecule has 4 rings (SSSR count). The van der Waals surface area contributed by atoms with Crippen molar-refractivity contribution in [3.8, 4) is 0 Å². The first-order valence-electron chi connectivity index (χ1n) is 9.51. The molecule has 3 heterocycles. The zero-order valence-electron chi connectivity index (χ0n) is 15.8. The van der Waals surface area contributed by atoms with Gasteiger partial charge in [-0.2, -0.15) is 0 Å². The molecule has 0 aliphatic rings. The highest BCUT2D eigenvalue weighted by molar-refractivity contribution is 5.94. The first-order valence-corrected chi connectivity index (χ1v) is 9.51. The first-order chi connectivity index (χ1) is 13.7. The van der Waals surface area contributed by atoms with Gasteiger partial charge < -0.3 is 9.72 Å². The van der Waals surface area contributed by atoms with Crippen LogP contribution in [0, 0.1) is 0 Å². The molecule has 0 saturated carbocycles. The lowest BCUT2D eigenvalue weighted by Gasteiger charge is -2.12. The summed E-state index contributed by atoms with van der Waals surface area (Å²) < 4.78 is 3.53. The van der Waals surface area contributed by atoms with Crippen LogP contribution >= 0.6 is 0 Å². The van der Waals surface area contributed by atoms with E-state index in [1.54, 1.807) is 16.8 Å². The summed E-state index contributed by atoms with van der Waals surface area (Å²) in [6, 6.07) is 14.9. The number of nitrogens with one attached hydrogen (secondary N) is 1. The maximum absolute atomic E-state index is 13.0. The van der Waals surface area contributed by atoms with Gasteiger partial charge in [0.1, 0.15) is 5.52 Å². The SMILES string of the molecule is CCCCNC(=O)c1cccc(Cn2c(=O)c3cccn3c3cccnc32)c1. The number of benzene rings is 1. The van der Waals surface area contributed by atoms with Crippen LogP contribution in [-0.4, -0.2) is 26.4 Å². The van der Waals surface area contributed by atoms with Crippen molar-refractivity contribution in [2.24, 2.45) is 0 Å². The largest absolute Gasteiger partial charge is 0.352 e. The minimum atomic E-state index is -0.103. The van der Waals surface area contributed by atoms with Gasteiger partial charge in [-0.1, -0.05) is 25.5 Å². The van der Waals surface area contributed by atoms with Gasteiger partial charge in [-0.05, 0) is 48.4 Å². The third-order valence-electron chi connectivity index (χ3n) is 4.84. The number of hydrogen-bond donors (Lipinski definition) is 1. The average molecular weight is 374 g/mol. The number of carbonyl (C=O) groups is 1. The highest BCUT2D eigenvalue weighted by Gasteiger charge is 2.12. The topological polar surface area (TPSA) is 68.4 Å². The van der Waals surface area contributed by atoms with E-state index in [1.807, 2.05) is 53.1 Å². The van der Waals surface area contributed by atoms with Crippen LogP contribution in [0.1, 0.15) is 35.7 Å². The number of rotatable bonds is 6. The van der Waals surface area contributed by atoms with Gasteiger partial charge in [-0.3, -0.25) is 14.2 Å². The fourth-order valence-corrected chi connectivity index (χ4v) is 3.41. The van der Waals surface area contributed by atoms with E-state index in [2.05, 4.69) is 17.2 Å². The second-order valence-electron chi connectivity index (χ2n) is 6.81. The molecule has 6 nitrogen and oxygen atoms in total. The second-order valence-corrected chi connectivity index (χ2v) is 6.81. The summed E-state index contributed by atoms with van der Waals surface area (Å²) in [5.74, 6) is -0.0901. The van der Waals surface area contributed by atoms with Crippen molar-refractivity contribution in [1.82, 2.24) is 19.3 Å². The molecule has 0 bridgehead atoms. The van der Waals surface area contributed by atoms with E-state index >= 15 is 0 Å². The van der Waals surface area contributed by atoms with Crippen LogP contribution < -0.4 is 10.9 Å². The van der Waals surface area contributed by atoms with Gasteiger partial charge in [-0.25, -0.2) is 4.98 Å². The van der Waals surface area contributed by atoms with Crippen molar-refractivity contribution in [3.05, 3.63) is 82.4 Å². The van der Waals surface area contributed by atoms with Gasteiger partial charge >= 0.3 is 0 Å². The summed E-state index contributed by atoms with van der Waals surface area (Å²) >= 11 is 0. The molecule has 6 heteroatoms. The number of unbranched alkanes of at least 4 members (excludes halogenated alkanes) is 1. The normalized spacial score (nSPS) is 11.2. The quantitative estimate of drug-likeness (QED) is 0.527. The van der Waals surface area contributed by atoms with Crippen LogP contribution in [0.25, 0.3) is 16.7 Å². The molecule has 0 atom stereocenters. The van der Waals surface area contributed by atoms with Crippen LogP contribution in [0.4, 0.5) is 0 Å². The minimum Gasteiger partial charge on any atom is -0.352 e. The lowest BCUT2D eigenvalue weighted by Crippen LogP contribution is -2.25. The van der Waals surface area contributed by atoms with E-state index in [4.69, 9.17) is 0 Å².